The fourth-order valence-electron chi connectivity index (χ4n) is 2.14. The van der Waals surface area contributed by atoms with Gasteiger partial charge >= 0.3 is 0 Å². The van der Waals surface area contributed by atoms with Crippen molar-refractivity contribution < 1.29 is 4.79 Å². The number of carbonyl (C=O) groups excluding carboxylic acids is 1. The van der Waals surface area contributed by atoms with Crippen LogP contribution in [0.1, 0.15) is 30.3 Å². The van der Waals surface area contributed by atoms with Crippen molar-refractivity contribution in [3.63, 3.8) is 0 Å². The molecule has 0 aliphatic carbocycles. The van der Waals surface area contributed by atoms with Gasteiger partial charge in [0.2, 0.25) is 0 Å². The first-order valence-corrected chi connectivity index (χ1v) is 6.01. The molecule has 1 aliphatic heterocycles. The minimum atomic E-state index is 0.0321. The average Bonchev–Trinajstić information content (AvgIpc) is 2.76. The number of hydrogen-bond acceptors (Lipinski definition) is 3. The summed E-state index contributed by atoms with van der Waals surface area (Å²) in [6, 6.07) is 0. The van der Waals surface area contributed by atoms with Crippen LogP contribution in [0.5, 0.6) is 0 Å². The van der Waals surface area contributed by atoms with Gasteiger partial charge in [-0.1, -0.05) is 6.92 Å². The lowest BCUT2D eigenvalue weighted by Crippen LogP contribution is -2.44. The maximum absolute atomic E-state index is 12.1. The van der Waals surface area contributed by atoms with Gasteiger partial charge in [-0.2, -0.15) is 0 Å². The molecule has 0 bridgehead atoms. The first-order valence-electron chi connectivity index (χ1n) is 6.01. The predicted octanol–water partition coefficient (Wildman–Crippen LogP) is 0.621. The van der Waals surface area contributed by atoms with Gasteiger partial charge in [-0.05, 0) is 24.8 Å². The van der Waals surface area contributed by atoms with Gasteiger partial charge in [0.15, 0.2) is 0 Å². The molecule has 5 heteroatoms. The fourth-order valence-corrected chi connectivity index (χ4v) is 2.14. The summed E-state index contributed by atoms with van der Waals surface area (Å²) in [6.07, 6.45) is 5.37. The van der Waals surface area contributed by atoms with E-state index in [0.29, 0.717) is 12.2 Å². The van der Waals surface area contributed by atoms with Crippen molar-refractivity contribution in [3.05, 3.63) is 18.2 Å². The average molecular weight is 236 g/mol. The zero-order valence-electron chi connectivity index (χ0n) is 10.5. The number of amides is 1. The Kier molecular flexibility index (Phi) is 3.19. The molecule has 1 saturated heterocycles. The van der Waals surface area contributed by atoms with Gasteiger partial charge in [0.05, 0.1) is 6.33 Å². The maximum atomic E-state index is 12.1. The molecule has 0 unspecified atom stereocenters. The van der Waals surface area contributed by atoms with Crippen LogP contribution < -0.4 is 5.73 Å². The highest BCUT2D eigenvalue weighted by Gasteiger charge is 2.31. The molecule has 0 saturated carbocycles. The van der Waals surface area contributed by atoms with E-state index in [0.717, 1.165) is 25.9 Å². The minimum Gasteiger partial charge on any atom is -0.340 e. The topological polar surface area (TPSA) is 64.2 Å². The van der Waals surface area contributed by atoms with Crippen LogP contribution in [0.3, 0.4) is 0 Å². The fraction of sp³-hybridized carbons (Fsp3) is 0.667. The molecular weight excluding hydrogens is 216 g/mol. The summed E-state index contributed by atoms with van der Waals surface area (Å²) in [6.45, 7) is 4.44. The lowest BCUT2D eigenvalue weighted by Gasteiger charge is -2.38. The standard InChI is InChI=1S/C12H20N4O/c1-12(8-13)3-5-16(6-4-12)11(17)10-7-15(2)9-14-10/h7,9H,3-6,8,13H2,1-2H3. The van der Waals surface area contributed by atoms with E-state index in [-0.39, 0.29) is 11.3 Å². The SMILES string of the molecule is Cn1cnc(C(=O)N2CCC(C)(CN)CC2)c1. The summed E-state index contributed by atoms with van der Waals surface area (Å²) >= 11 is 0. The van der Waals surface area contributed by atoms with Crippen LogP contribution in [0, 0.1) is 5.41 Å². The Hall–Kier alpha value is -1.36. The molecule has 1 aromatic heterocycles. The highest BCUT2D eigenvalue weighted by Crippen LogP contribution is 2.29. The van der Waals surface area contributed by atoms with E-state index in [1.54, 1.807) is 17.1 Å². The number of carbonyl (C=O) groups is 1. The van der Waals surface area contributed by atoms with E-state index in [1.165, 1.54) is 0 Å². The van der Waals surface area contributed by atoms with Crippen molar-refractivity contribution in [2.45, 2.75) is 19.8 Å². The molecule has 0 aromatic carbocycles. The van der Waals surface area contributed by atoms with Crippen molar-refractivity contribution in [1.82, 2.24) is 14.5 Å². The van der Waals surface area contributed by atoms with Crippen molar-refractivity contribution >= 4 is 5.91 Å². The molecule has 0 spiro atoms. The summed E-state index contributed by atoms with van der Waals surface area (Å²) in [5.74, 6) is 0.0321. The highest BCUT2D eigenvalue weighted by atomic mass is 16.2. The van der Waals surface area contributed by atoms with Gasteiger partial charge in [0.25, 0.3) is 5.91 Å². The predicted molar refractivity (Wildman–Crippen MR) is 65.5 cm³/mol. The van der Waals surface area contributed by atoms with E-state index in [4.69, 9.17) is 5.73 Å². The quantitative estimate of drug-likeness (QED) is 0.818. The molecule has 2 heterocycles. The van der Waals surface area contributed by atoms with Gasteiger partial charge in [-0.25, -0.2) is 4.98 Å². The second kappa shape index (κ2) is 4.49. The van der Waals surface area contributed by atoms with Crippen LogP contribution in [0.25, 0.3) is 0 Å². The van der Waals surface area contributed by atoms with Crippen molar-refractivity contribution in [2.24, 2.45) is 18.2 Å². The zero-order valence-corrected chi connectivity index (χ0v) is 10.5. The molecule has 1 amide bonds. The van der Waals surface area contributed by atoms with Crippen LogP contribution in [0.15, 0.2) is 12.5 Å². The molecule has 0 atom stereocenters. The van der Waals surface area contributed by atoms with Crippen LogP contribution in [-0.4, -0.2) is 40.0 Å². The lowest BCUT2D eigenvalue weighted by molar-refractivity contribution is 0.0612. The number of likely N-dealkylation sites (tertiary alicyclic amines) is 1. The molecule has 1 aromatic rings. The number of nitrogens with two attached hydrogens (primary N) is 1. The third kappa shape index (κ3) is 2.49. The Morgan fingerprint density at radius 3 is 2.65 bits per heavy atom. The van der Waals surface area contributed by atoms with Gasteiger partial charge in [-0.15, -0.1) is 0 Å². The Labute approximate surface area is 102 Å². The van der Waals surface area contributed by atoms with Crippen LogP contribution in [-0.2, 0) is 7.05 Å². The Morgan fingerprint density at radius 1 is 1.53 bits per heavy atom. The summed E-state index contributed by atoms with van der Waals surface area (Å²) in [5, 5.41) is 0. The summed E-state index contributed by atoms with van der Waals surface area (Å²) in [7, 11) is 1.87. The van der Waals surface area contributed by atoms with Crippen LogP contribution in [0.4, 0.5) is 0 Å². The van der Waals surface area contributed by atoms with Crippen molar-refractivity contribution in [1.29, 1.82) is 0 Å². The van der Waals surface area contributed by atoms with E-state index < -0.39 is 0 Å². The zero-order chi connectivity index (χ0) is 12.5. The van der Waals surface area contributed by atoms with Crippen molar-refractivity contribution in [3.8, 4) is 0 Å². The van der Waals surface area contributed by atoms with E-state index >= 15 is 0 Å². The van der Waals surface area contributed by atoms with E-state index in [9.17, 15) is 4.79 Å². The number of imidazole rings is 1. The van der Waals surface area contributed by atoms with E-state index in [1.807, 2.05) is 11.9 Å². The summed E-state index contributed by atoms with van der Waals surface area (Å²) < 4.78 is 1.79. The molecule has 5 nitrogen and oxygen atoms in total. The van der Waals surface area contributed by atoms with Crippen LogP contribution >= 0.6 is 0 Å². The van der Waals surface area contributed by atoms with Gasteiger partial charge in [0, 0.05) is 26.3 Å². The van der Waals surface area contributed by atoms with Crippen LogP contribution in [0.2, 0.25) is 0 Å². The second-order valence-corrected chi connectivity index (χ2v) is 5.23. The molecule has 0 radical (unpaired) electrons. The third-order valence-electron chi connectivity index (χ3n) is 3.67. The number of aromatic nitrogens is 2. The lowest BCUT2D eigenvalue weighted by atomic mass is 9.80. The first kappa shape index (κ1) is 12.1. The smallest absolute Gasteiger partial charge is 0.274 e. The molecule has 94 valence electrons. The first-order chi connectivity index (χ1) is 8.04. The molecular formula is C12H20N4O. The highest BCUT2D eigenvalue weighted by molar-refractivity contribution is 5.92. The Morgan fingerprint density at radius 2 is 2.18 bits per heavy atom. The van der Waals surface area contributed by atoms with Crippen molar-refractivity contribution in [2.75, 3.05) is 19.6 Å². The largest absolute Gasteiger partial charge is 0.340 e. The summed E-state index contributed by atoms with van der Waals surface area (Å²) in [5.41, 5.74) is 6.48. The van der Waals surface area contributed by atoms with Gasteiger partial charge in [-0.3, -0.25) is 4.79 Å². The Bertz CT molecular complexity index is 404. The normalized spacial score (nSPS) is 19.4. The monoisotopic (exact) mass is 236 g/mol. The van der Waals surface area contributed by atoms with E-state index in [2.05, 4.69) is 11.9 Å². The number of rotatable bonds is 2. The Balaban J connectivity index is 1.99. The molecule has 17 heavy (non-hydrogen) atoms. The number of aryl methyl sites for hydroxylation is 1. The number of piperidine rings is 1. The minimum absolute atomic E-state index is 0.0321. The molecule has 2 rings (SSSR count). The van der Waals surface area contributed by atoms with Gasteiger partial charge in [0.1, 0.15) is 5.69 Å². The molecule has 2 N–H and O–H groups in total. The third-order valence-corrected chi connectivity index (χ3v) is 3.67. The maximum Gasteiger partial charge on any atom is 0.274 e. The molecule has 1 fully saturated rings. The molecule has 1 aliphatic rings. The van der Waals surface area contributed by atoms with Gasteiger partial charge < -0.3 is 15.2 Å². The number of hydrogen-bond donors (Lipinski definition) is 1. The number of nitrogens with zero attached hydrogens (tertiary/aromatic N) is 3. The second-order valence-electron chi connectivity index (χ2n) is 5.23. The summed E-state index contributed by atoms with van der Waals surface area (Å²) in [4.78, 5) is 18.1.